The van der Waals surface area contributed by atoms with Crippen molar-refractivity contribution >= 4 is 18.5 Å². The molecule has 0 aromatic rings. The van der Waals surface area contributed by atoms with Crippen molar-refractivity contribution in [1.29, 1.82) is 0 Å². The van der Waals surface area contributed by atoms with Gasteiger partial charge >= 0.3 is 0 Å². The maximum Gasteiger partial charge on any atom is 0.222 e. The third-order valence-electron chi connectivity index (χ3n) is 6.23. The molecule has 1 unspecified atom stereocenters. The molecule has 0 fully saturated rings. The fourth-order valence-electron chi connectivity index (χ4n) is 4.29. The van der Waals surface area contributed by atoms with Gasteiger partial charge in [-0.3, -0.25) is 4.79 Å². The summed E-state index contributed by atoms with van der Waals surface area (Å²) in [6.45, 7) is 3.95. The molecule has 1 amide bonds. The van der Waals surface area contributed by atoms with Gasteiger partial charge in [0.1, 0.15) is 12.6 Å². The van der Waals surface area contributed by atoms with Crippen LogP contribution in [0.15, 0.2) is 0 Å². The standard InChI is InChI=1S/C27H52N2O3/c1-4-5-6-7-8-9-13-19-26(20-14-10-11-16-24-30)29(23-15-12-17-25-31)27(32)21-18-22-28(2)3/h24-26H,4-23H2,1-3H3. The Morgan fingerprint density at radius 1 is 0.688 bits per heavy atom. The summed E-state index contributed by atoms with van der Waals surface area (Å²) in [4.78, 5) is 38.8. The molecule has 0 radical (unpaired) electrons. The average Bonchev–Trinajstić information content (AvgIpc) is 2.77. The third kappa shape index (κ3) is 18.4. The maximum atomic E-state index is 13.2. The Morgan fingerprint density at radius 2 is 1.22 bits per heavy atom. The van der Waals surface area contributed by atoms with Crippen LogP contribution in [0, 0.1) is 0 Å². The van der Waals surface area contributed by atoms with Crippen LogP contribution < -0.4 is 0 Å². The van der Waals surface area contributed by atoms with Gasteiger partial charge in [0.2, 0.25) is 5.91 Å². The van der Waals surface area contributed by atoms with Crippen LogP contribution in [0.25, 0.3) is 0 Å². The summed E-state index contributed by atoms with van der Waals surface area (Å²) in [5, 5.41) is 0. The largest absolute Gasteiger partial charge is 0.340 e. The molecule has 32 heavy (non-hydrogen) atoms. The Hall–Kier alpha value is -1.23. The van der Waals surface area contributed by atoms with Crippen LogP contribution >= 0.6 is 0 Å². The molecule has 0 bridgehead atoms. The van der Waals surface area contributed by atoms with Crippen LogP contribution in [0.5, 0.6) is 0 Å². The molecule has 5 nitrogen and oxygen atoms in total. The molecule has 0 aromatic carbocycles. The minimum absolute atomic E-state index is 0.277. The van der Waals surface area contributed by atoms with Gasteiger partial charge in [0.25, 0.3) is 0 Å². The lowest BCUT2D eigenvalue weighted by Gasteiger charge is -2.33. The molecule has 0 saturated carbocycles. The van der Waals surface area contributed by atoms with Crippen LogP contribution in [0.4, 0.5) is 0 Å². The number of hydrogen-bond acceptors (Lipinski definition) is 4. The second-order valence-electron chi connectivity index (χ2n) is 9.52. The van der Waals surface area contributed by atoms with Gasteiger partial charge in [0.15, 0.2) is 0 Å². The Kier molecular flexibility index (Phi) is 22.1. The molecule has 0 spiro atoms. The number of carbonyl (C=O) groups excluding carboxylic acids is 3. The zero-order valence-corrected chi connectivity index (χ0v) is 21.5. The van der Waals surface area contributed by atoms with E-state index < -0.39 is 0 Å². The summed E-state index contributed by atoms with van der Waals surface area (Å²) in [6.07, 6.45) is 20.6. The number of carbonyl (C=O) groups is 3. The Bertz CT molecular complexity index is 454. The minimum Gasteiger partial charge on any atom is -0.340 e. The number of hydrogen-bond donors (Lipinski definition) is 0. The van der Waals surface area contributed by atoms with Crippen LogP contribution in [-0.2, 0) is 14.4 Å². The van der Waals surface area contributed by atoms with Gasteiger partial charge in [-0.15, -0.1) is 0 Å². The van der Waals surface area contributed by atoms with E-state index in [4.69, 9.17) is 0 Å². The van der Waals surface area contributed by atoms with E-state index >= 15 is 0 Å². The highest BCUT2D eigenvalue weighted by Crippen LogP contribution is 2.21. The highest BCUT2D eigenvalue weighted by molar-refractivity contribution is 5.76. The number of rotatable bonds is 24. The first kappa shape index (κ1) is 30.8. The molecular formula is C27H52N2O3. The number of amides is 1. The van der Waals surface area contributed by atoms with Crippen molar-refractivity contribution in [3.8, 4) is 0 Å². The molecule has 0 N–H and O–H groups in total. The zero-order chi connectivity index (χ0) is 23.9. The van der Waals surface area contributed by atoms with Crippen LogP contribution in [0.3, 0.4) is 0 Å². The molecular weight excluding hydrogens is 400 g/mol. The zero-order valence-electron chi connectivity index (χ0n) is 21.5. The average molecular weight is 453 g/mol. The lowest BCUT2D eigenvalue weighted by atomic mass is 9.98. The highest BCUT2D eigenvalue weighted by atomic mass is 16.2. The first-order valence-corrected chi connectivity index (χ1v) is 13.4. The molecule has 0 rings (SSSR count). The van der Waals surface area contributed by atoms with Crippen molar-refractivity contribution < 1.29 is 14.4 Å². The molecule has 0 saturated heterocycles. The van der Waals surface area contributed by atoms with Crippen LogP contribution in [0.2, 0.25) is 0 Å². The predicted molar refractivity (Wildman–Crippen MR) is 135 cm³/mol. The summed E-state index contributed by atoms with van der Waals surface area (Å²) >= 11 is 0. The number of nitrogens with zero attached hydrogens (tertiary/aromatic N) is 2. The number of unbranched alkanes of at least 4 members (excludes halogenated alkanes) is 11. The minimum atomic E-state index is 0.277. The van der Waals surface area contributed by atoms with E-state index in [0.29, 0.717) is 25.3 Å². The van der Waals surface area contributed by atoms with Crippen LogP contribution in [-0.4, -0.2) is 61.5 Å². The third-order valence-corrected chi connectivity index (χ3v) is 6.23. The highest BCUT2D eigenvalue weighted by Gasteiger charge is 2.22. The topological polar surface area (TPSA) is 57.7 Å². The summed E-state index contributed by atoms with van der Waals surface area (Å²) in [7, 11) is 4.09. The molecule has 0 aromatic heterocycles. The van der Waals surface area contributed by atoms with E-state index in [-0.39, 0.29) is 5.91 Å². The Labute approximate surface area is 198 Å². The molecule has 0 heterocycles. The molecule has 0 aliphatic carbocycles. The first-order valence-electron chi connectivity index (χ1n) is 13.4. The van der Waals surface area contributed by atoms with Gasteiger partial charge in [0, 0.05) is 31.8 Å². The summed E-state index contributed by atoms with van der Waals surface area (Å²) in [5.74, 6) is 0.277. The molecule has 188 valence electrons. The summed E-state index contributed by atoms with van der Waals surface area (Å²) < 4.78 is 0. The fourth-order valence-corrected chi connectivity index (χ4v) is 4.29. The van der Waals surface area contributed by atoms with Crippen LogP contribution in [0.1, 0.15) is 122 Å². The maximum absolute atomic E-state index is 13.2. The van der Waals surface area contributed by atoms with Gasteiger partial charge in [-0.1, -0.05) is 64.7 Å². The van der Waals surface area contributed by atoms with E-state index in [1.165, 1.54) is 44.9 Å². The monoisotopic (exact) mass is 452 g/mol. The molecule has 0 aliphatic heterocycles. The van der Waals surface area contributed by atoms with E-state index in [2.05, 4.69) is 16.7 Å². The summed E-state index contributed by atoms with van der Waals surface area (Å²) in [6, 6.07) is 0.296. The van der Waals surface area contributed by atoms with Crippen molar-refractivity contribution in [1.82, 2.24) is 9.80 Å². The van der Waals surface area contributed by atoms with Gasteiger partial charge < -0.3 is 19.4 Å². The fraction of sp³-hybridized carbons (Fsp3) is 0.889. The van der Waals surface area contributed by atoms with Crippen molar-refractivity contribution in [3.63, 3.8) is 0 Å². The predicted octanol–water partition coefficient (Wildman–Crippen LogP) is 6.18. The number of aldehydes is 2. The van der Waals surface area contributed by atoms with Gasteiger partial charge in [0.05, 0.1) is 0 Å². The Morgan fingerprint density at radius 3 is 1.78 bits per heavy atom. The van der Waals surface area contributed by atoms with E-state index in [1.54, 1.807) is 0 Å². The normalized spacial score (nSPS) is 12.1. The molecule has 1 atom stereocenters. The van der Waals surface area contributed by atoms with Crippen molar-refractivity contribution in [2.24, 2.45) is 0 Å². The molecule has 0 aliphatic rings. The first-order chi connectivity index (χ1) is 15.6. The molecule has 5 heteroatoms. The van der Waals surface area contributed by atoms with E-state index in [1.807, 2.05) is 14.1 Å². The van der Waals surface area contributed by atoms with E-state index in [0.717, 1.165) is 77.0 Å². The van der Waals surface area contributed by atoms with Crippen molar-refractivity contribution in [2.75, 3.05) is 27.2 Å². The van der Waals surface area contributed by atoms with Gasteiger partial charge in [-0.05, 0) is 59.2 Å². The lowest BCUT2D eigenvalue weighted by molar-refractivity contribution is -0.134. The Balaban J connectivity index is 4.87. The van der Waals surface area contributed by atoms with Gasteiger partial charge in [-0.2, -0.15) is 0 Å². The van der Waals surface area contributed by atoms with Crippen molar-refractivity contribution in [2.45, 2.75) is 129 Å². The smallest absolute Gasteiger partial charge is 0.222 e. The second-order valence-corrected chi connectivity index (χ2v) is 9.52. The summed E-state index contributed by atoms with van der Waals surface area (Å²) in [5.41, 5.74) is 0. The quantitative estimate of drug-likeness (QED) is 0.129. The van der Waals surface area contributed by atoms with Gasteiger partial charge in [-0.25, -0.2) is 0 Å². The lowest BCUT2D eigenvalue weighted by Crippen LogP contribution is -2.41. The second kappa shape index (κ2) is 22.9. The SMILES string of the molecule is CCCCCCCCCC(CCCCCC=O)N(CCCCC=O)C(=O)CCCN(C)C. The van der Waals surface area contributed by atoms with E-state index in [9.17, 15) is 14.4 Å². The van der Waals surface area contributed by atoms with Crippen molar-refractivity contribution in [3.05, 3.63) is 0 Å².